The molecule has 2 nitrogen and oxygen atoms in total. The average Bonchev–Trinajstić information content (AvgIpc) is 2.20. The first-order valence-corrected chi connectivity index (χ1v) is 4.66. The molecule has 0 saturated heterocycles. The maximum atomic E-state index is 10.8. The Morgan fingerprint density at radius 3 is 2.53 bits per heavy atom. The number of Topliss-reactive ketones (excluding diaryl/α,β-unsaturated/α-hetero) is 1. The first-order valence-electron chi connectivity index (χ1n) is 4.66. The fourth-order valence-corrected chi connectivity index (χ4v) is 1.18. The number of nitrogens with zero attached hydrogens (tertiary/aromatic N) is 1. The third kappa shape index (κ3) is 4.11. The molecule has 0 aliphatic carbocycles. The van der Waals surface area contributed by atoms with Crippen molar-refractivity contribution >= 4 is 5.78 Å². The molecule has 0 bridgehead atoms. The summed E-state index contributed by atoms with van der Waals surface area (Å²) in [5.74, 6) is 5.75. The zero-order valence-electron chi connectivity index (χ0n) is 8.58. The highest BCUT2D eigenvalue weighted by atomic mass is 16.1. The van der Waals surface area contributed by atoms with Crippen molar-refractivity contribution in [2.24, 2.45) is 0 Å². The fraction of sp³-hybridized carbons (Fsp3) is 0.231. The SMILES string of the molecule is CC(=O)Cc1ccc(C#CCC#N)cc1. The minimum atomic E-state index is 0.151. The van der Waals surface area contributed by atoms with Crippen LogP contribution in [0.1, 0.15) is 24.5 Å². The summed E-state index contributed by atoms with van der Waals surface area (Å²) in [5, 5.41) is 8.30. The molecule has 0 N–H and O–H groups in total. The average molecular weight is 197 g/mol. The van der Waals surface area contributed by atoms with Crippen molar-refractivity contribution in [2.75, 3.05) is 0 Å². The van der Waals surface area contributed by atoms with Gasteiger partial charge >= 0.3 is 0 Å². The van der Waals surface area contributed by atoms with Crippen LogP contribution in [0.2, 0.25) is 0 Å². The molecule has 1 aromatic carbocycles. The van der Waals surface area contributed by atoms with E-state index in [4.69, 9.17) is 5.26 Å². The van der Waals surface area contributed by atoms with E-state index in [1.54, 1.807) is 6.92 Å². The first kappa shape index (κ1) is 11.0. The standard InChI is InChI=1S/C13H11NO/c1-11(15)10-13-7-5-12(6-8-13)4-2-3-9-14/h5-8H,3,10H2,1H3. The lowest BCUT2D eigenvalue weighted by molar-refractivity contribution is -0.116. The van der Waals surface area contributed by atoms with Crippen LogP contribution in [0.4, 0.5) is 0 Å². The number of hydrogen-bond acceptors (Lipinski definition) is 2. The van der Waals surface area contributed by atoms with Gasteiger partial charge in [0.25, 0.3) is 0 Å². The van der Waals surface area contributed by atoms with Crippen LogP contribution in [0.3, 0.4) is 0 Å². The molecule has 0 aromatic heterocycles. The molecular weight excluding hydrogens is 186 g/mol. The smallest absolute Gasteiger partial charge is 0.134 e. The van der Waals surface area contributed by atoms with Gasteiger partial charge in [-0.2, -0.15) is 5.26 Å². The van der Waals surface area contributed by atoms with E-state index in [2.05, 4.69) is 11.8 Å². The van der Waals surface area contributed by atoms with Crippen molar-refractivity contribution in [2.45, 2.75) is 19.8 Å². The minimum Gasteiger partial charge on any atom is -0.300 e. The quantitative estimate of drug-likeness (QED) is 0.681. The third-order valence-corrected chi connectivity index (χ3v) is 1.81. The summed E-state index contributed by atoms with van der Waals surface area (Å²) >= 11 is 0. The molecule has 1 aromatic rings. The highest BCUT2D eigenvalue weighted by Crippen LogP contribution is 2.04. The van der Waals surface area contributed by atoms with Gasteiger partial charge in [0, 0.05) is 12.0 Å². The number of carbonyl (C=O) groups excluding carboxylic acids is 1. The van der Waals surface area contributed by atoms with Crippen LogP contribution < -0.4 is 0 Å². The fourth-order valence-electron chi connectivity index (χ4n) is 1.18. The van der Waals surface area contributed by atoms with Gasteiger partial charge in [-0.05, 0) is 24.6 Å². The number of benzene rings is 1. The van der Waals surface area contributed by atoms with Gasteiger partial charge in [-0.15, -0.1) is 0 Å². The van der Waals surface area contributed by atoms with Crippen molar-refractivity contribution in [3.8, 4) is 17.9 Å². The predicted molar refractivity (Wildman–Crippen MR) is 57.9 cm³/mol. The van der Waals surface area contributed by atoms with Crippen molar-refractivity contribution in [1.29, 1.82) is 5.26 Å². The molecule has 0 spiro atoms. The highest BCUT2D eigenvalue weighted by molar-refractivity contribution is 5.78. The number of nitriles is 1. The van der Waals surface area contributed by atoms with Crippen molar-refractivity contribution in [3.63, 3.8) is 0 Å². The van der Waals surface area contributed by atoms with Crippen LogP contribution in [0.5, 0.6) is 0 Å². The van der Waals surface area contributed by atoms with Gasteiger partial charge in [0.05, 0.1) is 12.5 Å². The maximum absolute atomic E-state index is 10.8. The normalized spacial score (nSPS) is 8.53. The van der Waals surface area contributed by atoms with Crippen LogP contribution in [-0.4, -0.2) is 5.78 Å². The lowest BCUT2D eigenvalue weighted by Gasteiger charge is -1.96. The summed E-state index contributed by atoms with van der Waals surface area (Å²) in [5.41, 5.74) is 1.87. The number of carbonyl (C=O) groups is 1. The molecule has 0 radical (unpaired) electrons. The molecule has 0 unspecified atom stereocenters. The molecule has 2 heteroatoms. The second-order valence-corrected chi connectivity index (χ2v) is 3.21. The summed E-state index contributed by atoms with van der Waals surface area (Å²) < 4.78 is 0. The van der Waals surface area contributed by atoms with Gasteiger partial charge in [0.1, 0.15) is 5.78 Å². The summed E-state index contributed by atoms with van der Waals surface area (Å²) in [7, 11) is 0. The van der Waals surface area contributed by atoms with Gasteiger partial charge in [0.2, 0.25) is 0 Å². The minimum absolute atomic E-state index is 0.151. The Kier molecular flexibility index (Phi) is 4.13. The topological polar surface area (TPSA) is 40.9 Å². The van der Waals surface area contributed by atoms with Gasteiger partial charge in [-0.1, -0.05) is 24.0 Å². The Morgan fingerprint density at radius 1 is 1.33 bits per heavy atom. The molecule has 0 aliphatic heterocycles. The molecule has 15 heavy (non-hydrogen) atoms. The van der Waals surface area contributed by atoms with Crippen LogP contribution in [-0.2, 0) is 11.2 Å². The van der Waals surface area contributed by atoms with Crippen LogP contribution in [0.15, 0.2) is 24.3 Å². The Balaban J connectivity index is 2.70. The Labute approximate surface area is 89.5 Å². The molecule has 74 valence electrons. The molecule has 0 atom stereocenters. The van der Waals surface area contributed by atoms with Crippen molar-refractivity contribution < 1.29 is 4.79 Å². The number of hydrogen-bond donors (Lipinski definition) is 0. The van der Waals surface area contributed by atoms with E-state index in [1.807, 2.05) is 30.3 Å². The van der Waals surface area contributed by atoms with Gasteiger partial charge in [-0.25, -0.2) is 0 Å². The molecule has 0 aliphatic rings. The van der Waals surface area contributed by atoms with E-state index in [1.165, 1.54) is 0 Å². The number of ketones is 1. The lowest BCUT2D eigenvalue weighted by atomic mass is 10.1. The number of rotatable bonds is 2. The van der Waals surface area contributed by atoms with Gasteiger partial charge in [-0.3, -0.25) is 4.79 Å². The highest BCUT2D eigenvalue weighted by Gasteiger charge is 1.96. The van der Waals surface area contributed by atoms with E-state index >= 15 is 0 Å². The molecule has 1 rings (SSSR count). The van der Waals surface area contributed by atoms with E-state index in [0.717, 1.165) is 11.1 Å². The summed E-state index contributed by atoms with van der Waals surface area (Å²) in [6.07, 6.45) is 0.709. The zero-order valence-corrected chi connectivity index (χ0v) is 8.58. The summed E-state index contributed by atoms with van der Waals surface area (Å²) in [6.45, 7) is 1.57. The molecule has 0 fully saturated rings. The second kappa shape index (κ2) is 5.62. The predicted octanol–water partition coefficient (Wildman–Crippen LogP) is 2.08. The molecule has 0 heterocycles. The van der Waals surface area contributed by atoms with Crippen LogP contribution >= 0.6 is 0 Å². The summed E-state index contributed by atoms with van der Waals surface area (Å²) in [6, 6.07) is 9.46. The van der Waals surface area contributed by atoms with E-state index in [-0.39, 0.29) is 12.2 Å². The van der Waals surface area contributed by atoms with E-state index < -0.39 is 0 Å². The van der Waals surface area contributed by atoms with Gasteiger partial charge < -0.3 is 0 Å². The van der Waals surface area contributed by atoms with Crippen LogP contribution in [0.25, 0.3) is 0 Å². The zero-order chi connectivity index (χ0) is 11.1. The van der Waals surface area contributed by atoms with E-state index in [9.17, 15) is 4.79 Å². The molecule has 0 amide bonds. The monoisotopic (exact) mass is 197 g/mol. The maximum Gasteiger partial charge on any atom is 0.134 e. The Hall–Kier alpha value is -2.06. The summed E-state index contributed by atoms with van der Waals surface area (Å²) in [4.78, 5) is 10.8. The lowest BCUT2D eigenvalue weighted by Crippen LogP contribution is -1.95. The van der Waals surface area contributed by atoms with E-state index in [0.29, 0.717) is 6.42 Å². The van der Waals surface area contributed by atoms with Crippen molar-refractivity contribution in [1.82, 2.24) is 0 Å². The largest absolute Gasteiger partial charge is 0.300 e. The second-order valence-electron chi connectivity index (χ2n) is 3.21. The van der Waals surface area contributed by atoms with Crippen molar-refractivity contribution in [3.05, 3.63) is 35.4 Å². The third-order valence-electron chi connectivity index (χ3n) is 1.81. The molecule has 0 saturated carbocycles. The Morgan fingerprint density at radius 2 is 2.00 bits per heavy atom. The molecular formula is C13H11NO. The Bertz CT molecular complexity index is 440. The van der Waals surface area contributed by atoms with Crippen LogP contribution in [0, 0.1) is 23.2 Å². The first-order chi connectivity index (χ1) is 7.22. The van der Waals surface area contributed by atoms with Gasteiger partial charge in [0.15, 0.2) is 0 Å².